The largest absolute Gasteiger partial charge is 0.458 e. The van der Waals surface area contributed by atoms with Crippen LogP contribution in [0.1, 0.15) is 48.8 Å². The van der Waals surface area contributed by atoms with Gasteiger partial charge in [-0.2, -0.15) is 4.58 Å². The molecule has 25 heavy (non-hydrogen) atoms. The second-order valence-corrected chi connectivity index (χ2v) is 6.15. The van der Waals surface area contributed by atoms with Gasteiger partial charge in [0.05, 0.1) is 12.8 Å². The van der Waals surface area contributed by atoms with E-state index in [-0.39, 0.29) is 5.82 Å². The minimum atomic E-state index is -0.483. The van der Waals surface area contributed by atoms with Crippen LogP contribution >= 0.6 is 0 Å². The van der Waals surface area contributed by atoms with Gasteiger partial charge in [0.2, 0.25) is 0 Å². The Morgan fingerprint density at radius 1 is 1.24 bits per heavy atom. The van der Waals surface area contributed by atoms with Crippen LogP contribution in [-0.2, 0) is 4.74 Å². The number of carbonyl (C=O) groups excluding carboxylic acids is 1. The summed E-state index contributed by atoms with van der Waals surface area (Å²) in [4.78, 5) is 20.7. The van der Waals surface area contributed by atoms with Gasteiger partial charge in [0.15, 0.2) is 5.71 Å². The molecule has 0 radical (unpaired) electrons. The Bertz CT molecular complexity index is 885. The monoisotopic (exact) mass is 334 g/mol. The number of allylic oxidation sites excluding steroid dienone is 2. The molecule has 5 heteroatoms. The minimum absolute atomic E-state index is 0.109. The van der Waals surface area contributed by atoms with Gasteiger partial charge in [0.1, 0.15) is 11.3 Å². The molecule has 0 unspecified atom stereocenters. The van der Waals surface area contributed by atoms with Crippen molar-refractivity contribution in [2.45, 2.75) is 32.6 Å². The van der Waals surface area contributed by atoms with Crippen molar-refractivity contribution < 1.29 is 9.53 Å². The zero-order valence-corrected chi connectivity index (χ0v) is 14.2. The Labute approximate surface area is 146 Å². The normalized spacial score (nSPS) is 16.0. The summed E-state index contributed by atoms with van der Waals surface area (Å²) in [5.74, 6) is 0.396. The topological polar surface area (TPSA) is 55.1 Å². The summed E-state index contributed by atoms with van der Waals surface area (Å²) in [7, 11) is 0. The highest BCUT2D eigenvalue weighted by Crippen LogP contribution is 2.36. The number of esters is 1. The van der Waals surface area contributed by atoms with Crippen molar-refractivity contribution in [1.29, 1.82) is 0 Å². The summed E-state index contributed by atoms with van der Waals surface area (Å²) in [5, 5.41) is 0. The van der Waals surface area contributed by atoms with Gasteiger partial charge in [-0.25, -0.2) is 9.78 Å². The maximum atomic E-state index is 12.0. The molecule has 1 aromatic heterocycles. The van der Waals surface area contributed by atoms with Crippen LogP contribution in [0.3, 0.4) is 0 Å². The fourth-order valence-corrected chi connectivity index (χ4v) is 3.38. The zero-order chi connectivity index (χ0) is 17.2. The number of aromatic nitrogens is 2. The number of benzene rings is 1. The minimum Gasteiger partial charge on any atom is -0.458 e. The molecule has 4 rings (SSSR count). The van der Waals surface area contributed by atoms with E-state index in [4.69, 9.17) is 4.74 Å². The summed E-state index contributed by atoms with van der Waals surface area (Å²) in [6, 6.07) is 10.1. The van der Waals surface area contributed by atoms with Gasteiger partial charge < -0.3 is 4.74 Å². The number of hydrogen-bond donors (Lipinski definition) is 0. The lowest BCUT2D eigenvalue weighted by molar-refractivity contribution is 0.0512. The fraction of sp³-hybridized carbons (Fsp3) is 0.300. The van der Waals surface area contributed by atoms with E-state index in [1.165, 1.54) is 18.4 Å². The van der Waals surface area contributed by atoms with Crippen LogP contribution in [0.5, 0.6) is 0 Å². The molecule has 0 fully saturated rings. The SMILES string of the molecule is CCOC(=O)c1ncc2c(n1)[N+](c1ccccc1)=C2C1=CCCCC1. The zero-order valence-electron chi connectivity index (χ0n) is 14.2. The highest BCUT2D eigenvalue weighted by Gasteiger charge is 2.40. The molecule has 0 N–H and O–H groups in total. The van der Waals surface area contributed by atoms with E-state index in [9.17, 15) is 4.79 Å². The number of para-hydroxylation sites is 1. The maximum absolute atomic E-state index is 12.0. The van der Waals surface area contributed by atoms with Crippen LogP contribution in [0.15, 0.2) is 48.2 Å². The van der Waals surface area contributed by atoms with Gasteiger partial charge >= 0.3 is 17.6 Å². The lowest BCUT2D eigenvalue weighted by atomic mass is 9.89. The van der Waals surface area contributed by atoms with Crippen molar-refractivity contribution in [3.8, 4) is 0 Å². The Morgan fingerprint density at radius 3 is 2.80 bits per heavy atom. The predicted molar refractivity (Wildman–Crippen MR) is 96.5 cm³/mol. The van der Waals surface area contributed by atoms with Crippen LogP contribution < -0.4 is 4.58 Å². The molecular formula is C20H20N3O2+. The van der Waals surface area contributed by atoms with E-state index in [1.54, 1.807) is 13.1 Å². The predicted octanol–water partition coefficient (Wildman–Crippen LogP) is 3.79. The van der Waals surface area contributed by atoms with E-state index in [0.29, 0.717) is 6.61 Å². The van der Waals surface area contributed by atoms with Gasteiger partial charge in [0, 0.05) is 0 Å². The molecule has 0 amide bonds. The first kappa shape index (κ1) is 15.7. The number of nitrogens with zero attached hydrogens (tertiary/aromatic N) is 3. The van der Waals surface area contributed by atoms with Crippen molar-refractivity contribution in [2.24, 2.45) is 0 Å². The van der Waals surface area contributed by atoms with Crippen LogP contribution in [0.4, 0.5) is 11.5 Å². The molecule has 0 spiro atoms. The Kier molecular flexibility index (Phi) is 4.14. The quantitative estimate of drug-likeness (QED) is 0.630. The molecule has 2 aromatic rings. The van der Waals surface area contributed by atoms with E-state index < -0.39 is 5.97 Å². The molecule has 1 aliphatic carbocycles. The van der Waals surface area contributed by atoms with Crippen LogP contribution in [-0.4, -0.2) is 28.3 Å². The highest BCUT2D eigenvalue weighted by molar-refractivity contribution is 6.22. The first-order chi connectivity index (χ1) is 12.3. The third kappa shape index (κ3) is 2.76. The van der Waals surface area contributed by atoms with Gasteiger partial charge in [-0.05, 0) is 55.3 Å². The first-order valence-corrected chi connectivity index (χ1v) is 8.75. The summed E-state index contributed by atoms with van der Waals surface area (Å²) in [6.45, 7) is 2.09. The first-order valence-electron chi connectivity index (χ1n) is 8.75. The second-order valence-electron chi connectivity index (χ2n) is 6.15. The Balaban J connectivity index is 1.81. The number of carbonyl (C=O) groups is 1. The molecule has 1 aromatic carbocycles. The van der Waals surface area contributed by atoms with Gasteiger partial charge in [0.25, 0.3) is 0 Å². The standard InChI is InChI=1S/C20H20N3O2/c1-2-25-20(24)18-21-13-16-17(14-9-5-3-6-10-14)23(19(16)22-18)15-11-7-4-8-12-15/h4,7-9,11-13H,2-3,5-6,10H2,1H3/q+1. The molecule has 2 aliphatic rings. The highest BCUT2D eigenvalue weighted by atomic mass is 16.5. The fourth-order valence-electron chi connectivity index (χ4n) is 3.38. The van der Waals surface area contributed by atoms with E-state index in [1.807, 2.05) is 18.2 Å². The van der Waals surface area contributed by atoms with E-state index in [0.717, 1.165) is 35.6 Å². The second kappa shape index (κ2) is 6.59. The average molecular weight is 334 g/mol. The van der Waals surface area contributed by atoms with Crippen molar-refractivity contribution in [3.63, 3.8) is 0 Å². The molecule has 126 valence electrons. The molecule has 0 bridgehead atoms. The Morgan fingerprint density at radius 2 is 2.08 bits per heavy atom. The Hall–Kier alpha value is -2.82. The summed E-state index contributed by atoms with van der Waals surface area (Å²) in [5.41, 5.74) is 4.56. The summed E-state index contributed by atoms with van der Waals surface area (Å²) in [6.07, 6.45) is 8.69. The molecule has 0 saturated heterocycles. The van der Waals surface area contributed by atoms with Crippen LogP contribution in [0.25, 0.3) is 0 Å². The third-order valence-electron chi connectivity index (χ3n) is 4.53. The summed E-state index contributed by atoms with van der Waals surface area (Å²) < 4.78 is 7.15. The molecule has 1 aliphatic heterocycles. The number of ether oxygens (including phenoxy) is 1. The summed E-state index contributed by atoms with van der Waals surface area (Å²) >= 11 is 0. The average Bonchev–Trinajstić information content (AvgIpc) is 2.64. The maximum Gasteiger partial charge on any atom is 0.403 e. The van der Waals surface area contributed by atoms with Crippen LogP contribution in [0.2, 0.25) is 0 Å². The number of fused-ring (bicyclic) bond motifs is 1. The molecule has 0 atom stereocenters. The van der Waals surface area contributed by atoms with Crippen molar-refractivity contribution in [3.05, 3.63) is 59.6 Å². The van der Waals surface area contributed by atoms with Crippen molar-refractivity contribution in [2.75, 3.05) is 6.61 Å². The molecule has 2 heterocycles. The van der Waals surface area contributed by atoms with Crippen LogP contribution in [0, 0.1) is 0 Å². The lowest BCUT2D eigenvalue weighted by Crippen LogP contribution is -2.33. The molecule has 5 nitrogen and oxygen atoms in total. The third-order valence-corrected chi connectivity index (χ3v) is 4.53. The van der Waals surface area contributed by atoms with E-state index >= 15 is 0 Å². The van der Waals surface area contributed by atoms with Crippen molar-refractivity contribution >= 4 is 23.2 Å². The van der Waals surface area contributed by atoms with Gasteiger partial charge in [-0.15, -0.1) is 0 Å². The van der Waals surface area contributed by atoms with Gasteiger partial charge in [-0.1, -0.05) is 24.3 Å². The molecule has 0 saturated carbocycles. The number of hydrogen-bond acceptors (Lipinski definition) is 4. The molecular weight excluding hydrogens is 314 g/mol. The van der Waals surface area contributed by atoms with E-state index in [2.05, 4.69) is 32.8 Å². The lowest BCUT2D eigenvalue weighted by Gasteiger charge is -2.24. The smallest absolute Gasteiger partial charge is 0.403 e. The van der Waals surface area contributed by atoms with Crippen molar-refractivity contribution in [1.82, 2.24) is 14.5 Å². The number of rotatable bonds is 4. The van der Waals surface area contributed by atoms with Gasteiger partial charge in [-0.3, -0.25) is 0 Å².